The fourth-order valence-corrected chi connectivity index (χ4v) is 4.53. The van der Waals surface area contributed by atoms with Crippen LogP contribution in [0.25, 0.3) is 5.69 Å². The summed E-state index contributed by atoms with van der Waals surface area (Å²) in [6, 6.07) is 16.3. The number of hydrogen-bond acceptors (Lipinski definition) is 5. The Kier molecular flexibility index (Phi) is 8.84. The third-order valence-electron chi connectivity index (χ3n) is 6.60. The van der Waals surface area contributed by atoms with E-state index in [4.69, 9.17) is 4.74 Å². The molecule has 0 unspecified atom stereocenters. The molecule has 1 N–H and O–H groups in total. The lowest BCUT2D eigenvalue weighted by atomic mass is 9.94. The highest BCUT2D eigenvalue weighted by Crippen LogP contribution is 2.21. The van der Waals surface area contributed by atoms with Gasteiger partial charge in [-0.25, -0.2) is 4.39 Å². The summed E-state index contributed by atoms with van der Waals surface area (Å²) in [6.45, 7) is 1.71. The molecule has 4 rings (SSSR count). The predicted octanol–water partition coefficient (Wildman–Crippen LogP) is 4.34. The first-order valence-electron chi connectivity index (χ1n) is 12.6. The van der Waals surface area contributed by atoms with Crippen LogP contribution in [0.3, 0.4) is 0 Å². The summed E-state index contributed by atoms with van der Waals surface area (Å²) in [4.78, 5) is 27.3. The van der Waals surface area contributed by atoms with Crippen LogP contribution in [-0.2, 0) is 6.61 Å². The molecule has 1 aliphatic carbocycles. The van der Waals surface area contributed by atoms with E-state index in [0.29, 0.717) is 29.4 Å². The van der Waals surface area contributed by atoms with Crippen LogP contribution in [0, 0.1) is 5.82 Å². The minimum absolute atomic E-state index is 0.124. The predicted molar refractivity (Wildman–Crippen MR) is 137 cm³/mol. The topological polar surface area (TPSA) is 76.5 Å². The molecule has 8 heteroatoms. The van der Waals surface area contributed by atoms with E-state index in [0.717, 1.165) is 13.0 Å². The molecule has 0 aliphatic heterocycles. The Morgan fingerprint density at radius 1 is 1.11 bits per heavy atom. The summed E-state index contributed by atoms with van der Waals surface area (Å²) in [5, 5.41) is 7.23. The molecule has 190 valence electrons. The Hall–Kier alpha value is -3.52. The molecule has 7 nitrogen and oxygen atoms in total. The zero-order valence-corrected chi connectivity index (χ0v) is 20.7. The molecule has 0 radical (unpaired) electrons. The van der Waals surface area contributed by atoms with E-state index >= 15 is 0 Å². The molecule has 3 aromatic rings. The van der Waals surface area contributed by atoms with Gasteiger partial charge in [0, 0.05) is 30.3 Å². The van der Waals surface area contributed by atoms with Crippen molar-refractivity contribution >= 4 is 5.91 Å². The number of benzene rings is 2. The van der Waals surface area contributed by atoms with Gasteiger partial charge in [0.25, 0.3) is 11.5 Å². The van der Waals surface area contributed by atoms with Crippen molar-refractivity contribution in [2.75, 3.05) is 20.1 Å². The van der Waals surface area contributed by atoms with Gasteiger partial charge in [0.15, 0.2) is 0 Å². The van der Waals surface area contributed by atoms with Gasteiger partial charge in [-0.2, -0.15) is 4.68 Å². The maximum Gasteiger partial charge on any atom is 0.271 e. The van der Waals surface area contributed by atoms with E-state index in [1.807, 2.05) is 0 Å². The highest BCUT2D eigenvalue weighted by atomic mass is 19.1. The summed E-state index contributed by atoms with van der Waals surface area (Å²) < 4.78 is 20.2. The van der Waals surface area contributed by atoms with Crippen molar-refractivity contribution in [2.45, 2.75) is 51.2 Å². The summed E-state index contributed by atoms with van der Waals surface area (Å²) in [5.41, 5.74) is 1.37. The second-order valence-corrected chi connectivity index (χ2v) is 9.27. The lowest BCUT2D eigenvalue weighted by Gasteiger charge is -2.31. The summed E-state index contributed by atoms with van der Waals surface area (Å²) >= 11 is 0. The molecule has 1 heterocycles. The Balaban J connectivity index is 1.29. The Labute approximate surface area is 210 Å². The SMILES string of the molecule is CN(CCCNC(=O)c1ccc(-n2nc(OCc3cccc(F)c3)ccc2=O)cc1)C1CCCCC1. The highest BCUT2D eigenvalue weighted by molar-refractivity contribution is 5.94. The number of amides is 1. The number of halogens is 1. The molecule has 1 amide bonds. The van der Waals surface area contributed by atoms with Crippen LogP contribution in [-0.4, -0.2) is 46.8 Å². The second kappa shape index (κ2) is 12.4. The quantitative estimate of drug-likeness (QED) is 0.426. The molecule has 1 aromatic heterocycles. The second-order valence-electron chi connectivity index (χ2n) is 9.27. The fraction of sp³-hybridized carbons (Fsp3) is 0.393. The molecular weight excluding hydrogens is 459 g/mol. The minimum Gasteiger partial charge on any atom is -0.472 e. The van der Waals surface area contributed by atoms with Gasteiger partial charge in [0.05, 0.1) is 5.69 Å². The Morgan fingerprint density at radius 3 is 2.64 bits per heavy atom. The number of carbonyl (C=O) groups is 1. The van der Waals surface area contributed by atoms with Crippen molar-refractivity contribution in [1.29, 1.82) is 0 Å². The van der Waals surface area contributed by atoms with Gasteiger partial charge < -0.3 is 15.0 Å². The monoisotopic (exact) mass is 492 g/mol. The van der Waals surface area contributed by atoms with Gasteiger partial charge in [-0.05, 0) is 74.8 Å². The van der Waals surface area contributed by atoms with Gasteiger partial charge >= 0.3 is 0 Å². The Morgan fingerprint density at radius 2 is 1.89 bits per heavy atom. The first-order chi connectivity index (χ1) is 17.5. The number of rotatable bonds is 10. The van der Waals surface area contributed by atoms with Crippen molar-refractivity contribution in [3.8, 4) is 11.6 Å². The van der Waals surface area contributed by atoms with E-state index in [2.05, 4.69) is 22.4 Å². The van der Waals surface area contributed by atoms with E-state index in [9.17, 15) is 14.0 Å². The number of nitrogens with one attached hydrogen (secondary N) is 1. The number of nitrogens with zero attached hydrogens (tertiary/aromatic N) is 3. The van der Waals surface area contributed by atoms with E-state index in [1.54, 1.807) is 36.4 Å². The van der Waals surface area contributed by atoms with E-state index in [1.165, 1.54) is 61.1 Å². The van der Waals surface area contributed by atoms with Crippen LogP contribution in [0.5, 0.6) is 5.88 Å². The maximum atomic E-state index is 13.4. The first-order valence-corrected chi connectivity index (χ1v) is 12.6. The molecule has 0 saturated heterocycles. The number of hydrogen-bond donors (Lipinski definition) is 1. The maximum absolute atomic E-state index is 13.4. The molecule has 36 heavy (non-hydrogen) atoms. The van der Waals surface area contributed by atoms with Gasteiger partial charge in [-0.3, -0.25) is 9.59 Å². The number of carbonyl (C=O) groups excluding carboxylic acids is 1. The van der Waals surface area contributed by atoms with E-state index < -0.39 is 0 Å². The zero-order chi connectivity index (χ0) is 25.3. The normalized spacial score (nSPS) is 14.1. The molecule has 1 aliphatic rings. The standard InChI is InChI=1S/C28H33FN4O3/c1-32(24-9-3-2-4-10-24)18-6-17-30-28(35)22-11-13-25(14-12-22)33-27(34)16-15-26(31-33)36-20-21-7-5-8-23(29)19-21/h5,7-8,11-16,19,24H,2-4,6,9-10,17-18,20H2,1H3,(H,30,35). The average Bonchev–Trinajstić information content (AvgIpc) is 2.91. The van der Waals surface area contributed by atoms with Crippen molar-refractivity contribution in [3.05, 3.63) is 88.0 Å². The Bertz CT molecular complexity index is 1210. The lowest BCUT2D eigenvalue weighted by Crippen LogP contribution is -2.35. The average molecular weight is 493 g/mol. The van der Waals surface area contributed by atoms with Gasteiger partial charge in [-0.1, -0.05) is 31.4 Å². The third kappa shape index (κ3) is 7.01. The molecule has 2 aromatic carbocycles. The van der Waals surface area contributed by atoms with Crippen LogP contribution in [0.4, 0.5) is 4.39 Å². The highest BCUT2D eigenvalue weighted by Gasteiger charge is 2.17. The molecule has 1 fully saturated rings. The molecule has 1 saturated carbocycles. The molecular formula is C28H33FN4O3. The number of aromatic nitrogens is 2. The summed E-state index contributed by atoms with van der Waals surface area (Å²) in [5.74, 6) is -0.252. The molecule has 0 spiro atoms. The van der Waals surface area contributed by atoms with E-state index in [-0.39, 0.29) is 29.8 Å². The molecule has 0 atom stereocenters. The largest absolute Gasteiger partial charge is 0.472 e. The fourth-order valence-electron chi connectivity index (χ4n) is 4.53. The molecule has 0 bridgehead atoms. The number of ether oxygens (including phenoxy) is 1. The van der Waals surface area contributed by atoms with Crippen LogP contribution in [0.15, 0.2) is 65.5 Å². The van der Waals surface area contributed by atoms with Crippen molar-refractivity contribution in [1.82, 2.24) is 20.0 Å². The lowest BCUT2D eigenvalue weighted by molar-refractivity contribution is 0.0950. The van der Waals surface area contributed by atoms with Crippen LogP contribution in [0.1, 0.15) is 54.4 Å². The van der Waals surface area contributed by atoms with Gasteiger partial charge in [0.2, 0.25) is 5.88 Å². The third-order valence-corrected chi connectivity index (χ3v) is 6.60. The van der Waals surface area contributed by atoms with Crippen molar-refractivity contribution in [2.24, 2.45) is 0 Å². The summed E-state index contributed by atoms with van der Waals surface area (Å²) in [7, 11) is 2.17. The van der Waals surface area contributed by atoms with Gasteiger partial charge in [-0.15, -0.1) is 5.10 Å². The van der Waals surface area contributed by atoms with Crippen LogP contribution in [0.2, 0.25) is 0 Å². The van der Waals surface area contributed by atoms with Crippen LogP contribution >= 0.6 is 0 Å². The first kappa shape index (κ1) is 25.6. The van der Waals surface area contributed by atoms with Crippen molar-refractivity contribution in [3.63, 3.8) is 0 Å². The zero-order valence-electron chi connectivity index (χ0n) is 20.7. The van der Waals surface area contributed by atoms with Gasteiger partial charge in [0.1, 0.15) is 12.4 Å². The summed E-state index contributed by atoms with van der Waals surface area (Å²) in [6.07, 6.45) is 7.42. The minimum atomic E-state index is -0.343. The van der Waals surface area contributed by atoms with Crippen molar-refractivity contribution < 1.29 is 13.9 Å². The smallest absolute Gasteiger partial charge is 0.271 e. The van der Waals surface area contributed by atoms with Crippen LogP contribution < -0.4 is 15.6 Å².